The fourth-order valence-electron chi connectivity index (χ4n) is 3.86. The molecule has 2 aromatic rings. The normalized spacial score (nSPS) is 14.8. The Hall–Kier alpha value is -2.34. The quantitative estimate of drug-likeness (QED) is 0.550. The van der Waals surface area contributed by atoms with Crippen LogP contribution in [0.15, 0.2) is 53.0 Å². The molecule has 1 saturated carbocycles. The zero-order chi connectivity index (χ0) is 22.2. The van der Waals surface area contributed by atoms with Crippen LogP contribution < -0.4 is 10.1 Å². The molecule has 2 amide bonds. The maximum atomic E-state index is 13.1. The highest BCUT2D eigenvalue weighted by Crippen LogP contribution is 2.20. The molecule has 1 atom stereocenters. The van der Waals surface area contributed by atoms with Gasteiger partial charge >= 0.3 is 0 Å². The number of benzene rings is 2. The van der Waals surface area contributed by atoms with Crippen LogP contribution in [-0.2, 0) is 22.6 Å². The third-order valence-corrected chi connectivity index (χ3v) is 6.30. The fraction of sp³-hybridized carbons (Fsp3) is 0.440. The van der Waals surface area contributed by atoms with Crippen molar-refractivity contribution in [3.63, 3.8) is 0 Å². The highest BCUT2D eigenvalue weighted by molar-refractivity contribution is 9.10. The number of halogens is 1. The van der Waals surface area contributed by atoms with E-state index in [1.807, 2.05) is 48.5 Å². The van der Waals surface area contributed by atoms with Crippen LogP contribution in [0, 0.1) is 0 Å². The summed E-state index contributed by atoms with van der Waals surface area (Å²) < 4.78 is 6.68. The lowest BCUT2D eigenvalue weighted by Gasteiger charge is -2.29. The zero-order valence-electron chi connectivity index (χ0n) is 18.3. The van der Waals surface area contributed by atoms with E-state index < -0.39 is 6.04 Å². The van der Waals surface area contributed by atoms with Crippen molar-refractivity contribution in [1.29, 1.82) is 0 Å². The van der Waals surface area contributed by atoms with Crippen molar-refractivity contribution in [2.75, 3.05) is 6.61 Å². The first kappa shape index (κ1) is 23.3. The molecule has 0 bridgehead atoms. The number of ether oxygens (including phenoxy) is 1. The lowest BCUT2D eigenvalue weighted by molar-refractivity contribution is -0.142. The van der Waals surface area contributed by atoms with E-state index in [1.54, 1.807) is 11.8 Å². The molecule has 1 fully saturated rings. The van der Waals surface area contributed by atoms with Crippen LogP contribution in [0.2, 0.25) is 0 Å². The summed E-state index contributed by atoms with van der Waals surface area (Å²) in [6, 6.07) is 15.2. The number of nitrogens with one attached hydrogen (secondary N) is 1. The van der Waals surface area contributed by atoms with Gasteiger partial charge in [-0.3, -0.25) is 9.59 Å². The second-order valence-corrected chi connectivity index (χ2v) is 9.02. The van der Waals surface area contributed by atoms with Gasteiger partial charge in [-0.05, 0) is 61.6 Å². The Kier molecular flexibility index (Phi) is 8.52. The number of amides is 2. The van der Waals surface area contributed by atoms with Crippen LogP contribution in [0.25, 0.3) is 0 Å². The molecular weight excluding hydrogens is 456 g/mol. The molecule has 0 spiro atoms. The van der Waals surface area contributed by atoms with Crippen molar-refractivity contribution in [3.8, 4) is 5.75 Å². The predicted octanol–water partition coefficient (Wildman–Crippen LogP) is 4.87. The fourth-order valence-corrected chi connectivity index (χ4v) is 4.30. The minimum absolute atomic E-state index is 0.109. The van der Waals surface area contributed by atoms with E-state index in [1.165, 1.54) is 5.56 Å². The second kappa shape index (κ2) is 11.3. The summed E-state index contributed by atoms with van der Waals surface area (Å²) in [6.45, 7) is 4.11. The van der Waals surface area contributed by atoms with Gasteiger partial charge in [0.25, 0.3) is 5.91 Å². The summed E-state index contributed by atoms with van der Waals surface area (Å²) in [5.74, 6) is 0.326. The van der Waals surface area contributed by atoms with Crippen LogP contribution in [0.1, 0.15) is 50.7 Å². The van der Waals surface area contributed by atoms with Crippen molar-refractivity contribution in [3.05, 3.63) is 64.1 Å². The van der Waals surface area contributed by atoms with Gasteiger partial charge in [0, 0.05) is 17.1 Å². The molecule has 6 heteroatoms. The monoisotopic (exact) mass is 486 g/mol. The smallest absolute Gasteiger partial charge is 0.261 e. The Morgan fingerprint density at radius 2 is 1.84 bits per heavy atom. The van der Waals surface area contributed by atoms with Gasteiger partial charge in [-0.15, -0.1) is 0 Å². The van der Waals surface area contributed by atoms with Crippen molar-refractivity contribution < 1.29 is 14.3 Å². The van der Waals surface area contributed by atoms with Gasteiger partial charge in [0.15, 0.2) is 6.61 Å². The highest BCUT2D eigenvalue weighted by atomic mass is 79.9. The Bertz CT molecular complexity index is 879. The van der Waals surface area contributed by atoms with E-state index in [2.05, 4.69) is 28.2 Å². The molecule has 1 unspecified atom stereocenters. The molecule has 3 rings (SSSR count). The number of rotatable bonds is 9. The van der Waals surface area contributed by atoms with E-state index in [0.29, 0.717) is 12.3 Å². The minimum atomic E-state index is -0.585. The number of carbonyl (C=O) groups is 2. The highest BCUT2D eigenvalue weighted by Gasteiger charge is 2.28. The first-order valence-corrected chi connectivity index (χ1v) is 11.8. The lowest BCUT2D eigenvalue weighted by atomic mass is 10.1. The molecule has 0 saturated heterocycles. The van der Waals surface area contributed by atoms with Crippen molar-refractivity contribution >= 4 is 27.7 Å². The lowest BCUT2D eigenvalue weighted by Crippen LogP contribution is -2.50. The molecule has 0 aliphatic heterocycles. The summed E-state index contributed by atoms with van der Waals surface area (Å²) in [5, 5.41) is 3.11. The van der Waals surface area contributed by atoms with Gasteiger partial charge in [-0.25, -0.2) is 0 Å². The Morgan fingerprint density at radius 3 is 2.48 bits per heavy atom. The van der Waals surface area contributed by atoms with Gasteiger partial charge in [0.1, 0.15) is 11.8 Å². The molecule has 2 aromatic carbocycles. The van der Waals surface area contributed by atoms with Crippen LogP contribution in [0.5, 0.6) is 5.75 Å². The Balaban J connectivity index is 1.69. The predicted molar refractivity (Wildman–Crippen MR) is 126 cm³/mol. The number of hydrogen-bond donors (Lipinski definition) is 1. The second-order valence-electron chi connectivity index (χ2n) is 8.10. The Labute approximate surface area is 193 Å². The van der Waals surface area contributed by atoms with E-state index in [9.17, 15) is 9.59 Å². The third kappa shape index (κ3) is 6.82. The SMILES string of the molecule is CCc1ccc(OCC(=O)N(Cc2cccc(Br)c2)C(C)C(=O)NC2CCCC2)cc1. The molecule has 1 aliphatic rings. The van der Waals surface area contributed by atoms with Crippen molar-refractivity contribution in [2.45, 2.75) is 64.6 Å². The summed E-state index contributed by atoms with van der Waals surface area (Å²) in [4.78, 5) is 27.6. The molecule has 1 aliphatic carbocycles. The van der Waals surface area contributed by atoms with Gasteiger partial charge in [-0.1, -0.05) is 60.0 Å². The number of carbonyl (C=O) groups excluding carboxylic acids is 2. The van der Waals surface area contributed by atoms with Crippen LogP contribution in [0.3, 0.4) is 0 Å². The van der Waals surface area contributed by atoms with Crippen molar-refractivity contribution in [2.24, 2.45) is 0 Å². The topological polar surface area (TPSA) is 58.6 Å². The minimum Gasteiger partial charge on any atom is -0.484 e. The molecule has 0 heterocycles. The van der Waals surface area contributed by atoms with Crippen LogP contribution in [-0.4, -0.2) is 35.4 Å². The van der Waals surface area contributed by atoms with Crippen LogP contribution >= 0.6 is 15.9 Å². The average molecular weight is 487 g/mol. The third-order valence-electron chi connectivity index (χ3n) is 5.80. The molecule has 166 valence electrons. The number of aryl methyl sites for hydroxylation is 1. The van der Waals surface area contributed by atoms with E-state index >= 15 is 0 Å². The largest absolute Gasteiger partial charge is 0.484 e. The van der Waals surface area contributed by atoms with Gasteiger partial charge in [-0.2, -0.15) is 0 Å². The zero-order valence-corrected chi connectivity index (χ0v) is 19.9. The maximum absolute atomic E-state index is 13.1. The number of nitrogens with zero attached hydrogens (tertiary/aromatic N) is 1. The molecule has 1 N–H and O–H groups in total. The molecule has 31 heavy (non-hydrogen) atoms. The van der Waals surface area contributed by atoms with E-state index in [-0.39, 0.29) is 24.5 Å². The summed E-state index contributed by atoms with van der Waals surface area (Å²) in [7, 11) is 0. The summed E-state index contributed by atoms with van der Waals surface area (Å²) >= 11 is 3.48. The first-order valence-electron chi connectivity index (χ1n) is 11.0. The molecule has 0 aromatic heterocycles. The molecule has 0 radical (unpaired) electrons. The molecule has 5 nitrogen and oxygen atoms in total. The summed E-state index contributed by atoms with van der Waals surface area (Å²) in [6.07, 6.45) is 5.26. The maximum Gasteiger partial charge on any atom is 0.261 e. The first-order chi connectivity index (χ1) is 15.0. The Morgan fingerprint density at radius 1 is 1.13 bits per heavy atom. The van der Waals surface area contributed by atoms with Crippen molar-refractivity contribution in [1.82, 2.24) is 10.2 Å². The molecular formula is C25H31BrN2O3. The number of hydrogen-bond acceptors (Lipinski definition) is 3. The van der Waals surface area contributed by atoms with Gasteiger partial charge in [0.2, 0.25) is 5.91 Å². The van der Waals surface area contributed by atoms with Gasteiger partial charge < -0.3 is 15.0 Å². The average Bonchev–Trinajstić information content (AvgIpc) is 3.28. The summed E-state index contributed by atoms with van der Waals surface area (Å²) in [5.41, 5.74) is 2.17. The van der Waals surface area contributed by atoms with E-state index in [0.717, 1.165) is 42.1 Å². The van der Waals surface area contributed by atoms with E-state index in [4.69, 9.17) is 4.74 Å². The standard InChI is InChI=1S/C25H31BrN2O3/c1-3-19-11-13-23(14-12-19)31-17-24(29)28(16-20-7-6-8-21(26)15-20)18(2)25(30)27-22-9-4-5-10-22/h6-8,11-15,18,22H,3-5,9-10,16-17H2,1-2H3,(H,27,30). The van der Waals surface area contributed by atoms with Gasteiger partial charge in [0.05, 0.1) is 0 Å². The van der Waals surface area contributed by atoms with Crippen LogP contribution in [0.4, 0.5) is 0 Å².